The lowest BCUT2D eigenvalue weighted by Gasteiger charge is -2.16. The van der Waals surface area contributed by atoms with E-state index < -0.39 is 0 Å². The molecule has 1 saturated carbocycles. The van der Waals surface area contributed by atoms with Crippen LogP contribution in [0.2, 0.25) is 0 Å². The monoisotopic (exact) mass is 216 g/mol. The van der Waals surface area contributed by atoms with Gasteiger partial charge in [-0.1, -0.05) is 0 Å². The predicted molar refractivity (Wildman–Crippen MR) is 62.0 cm³/mol. The number of rotatable bonds is 5. The molecule has 1 aromatic rings. The van der Waals surface area contributed by atoms with E-state index in [9.17, 15) is 0 Å². The van der Waals surface area contributed by atoms with E-state index >= 15 is 0 Å². The zero-order chi connectivity index (χ0) is 11.4. The molecule has 4 heteroatoms. The van der Waals surface area contributed by atoms with E-state index in [1.54, 1.807) is 6.33 Å². The minimum Gasteiger partial charge on any atom is -0.359 e. The fraction of sp³-hybridized carbons (Fsp3) is 0.583. The highest BCUT2D eigenvalue weighted by molar-refractivity contribution is 5.38. The van der Waals surface area contributed by atoms with Gasteiger partial charge in [0, 0.05) is 25.4 Å². The number of hydrogen-bond donors (Lipinski definition) is 0. The molecule has 1 aromatic heterocycles. The molecule has 0 aliphatic heterocycles. The van der Waals surface area contributed by atoms with E-state index in [-0.39, 0.29) is 0 Å². The minimum atomic E-state index is 0.526. The molecular formula is C12H16N4. The van der Waals surface area contributed by atoms with Crippen molar-refractivity contribution in [2.75, 3.05) is 18.5 Å². The lowest BCUT2D eigenvalue weighted by molar-refractivity contribution is 0.791. The topological polar surface area (TPSA) is 52.8 Å². The number of hydrogen-bond acceptors (Lipinski definition) is 4. The highest BCUT2D eigenvalue weighted by Gasteiger charge is 2.22. The summed E-state index contributed by atoms with van der Waals surface area (Å²) >= 11 is 0. The lowest BCUT2D eigenvalue weighted by atomic mass is 10.2. The van der Waals surface area contributed by atoms with Crippen LogP contribution in [0.1, 0.15) is 25.0 Å². The van der Waals surface area contributed by atoms with E-state index in [1.165, 1.54) is 12.8 Å². The van der Waals surface area contributed by atoms with Crippen LogP contribution in [0.15, 0.2) is 12.4 Å². The second kappa shape index (κ2) is 4.93. The molecule has 2 rings (SSSR count). The molecule has 1 fully saturated rings. The molecule has 1 aliphatic carbocycles. The van der Waals surface area contributed by atoms with E-state index in [1.807, 2.05) is 18.0 Å². The molecular weight excluding hydrogens is 200 g/mol. The maximum atomic E-state index is 8.53. The summed E-state index contributed by atoms with van der Waals surface area (Å²) in [4.78, 5) is 10.5. The van der Waals surface area contributed by atoms with Gasteiger partial charge in [-0.3, -0.25) is 0 Å². The van der Waals surface area contributed by atoms with Crippen molar-refractivity contribution in [2.24, 2.45) is 5.92 Å². The highest BCUT2D eigenvalue weighted by Crippen LogP contribution is 2.32. The third-order valence-corrected chi connectivity index (χ3v) is 2.85. The Balaban J connectivity index is 1.99. The maximum absolute atomic E-state index is 8.53. The van der Waals surface area contributed by atoms with Crippen LogP contribution >= 0.6 is 0 Å². The van der Waals surface area contributed by atoms with Crippen LogP contribution in [0.25, 0.3) is 0 Å². The first-order valence-corrected chi connectivity index (χ1v) is 5.68. The molecule has 0 unspecified atom stereocenters. The first-order valence-electron chi connectivity index (χ1n) is 5.68. The highest BCUT2D eigenvalue weighted by atomic mass is 15.2. The molecule has 0 aromatic carbocycles. The maximum Gasteiger partial charge on any atom is 0.131 e. The van der Waals surface area contributed by atoms with Gasteiger partial charge in [0.25, 0.3) is 0 Å². The standard InChI is InChI=1S/C12H16N4/c1-16(6-2-5-13)12-8-11(14-9-15-12)7-10-3-4-10/h8-10H,2-4,6-7H2,1H3. The van der Waals surface area contributed by atoms with Crippen LogP contribution < -0.4 is 4.90 Å². The van der Waals surface area contributed by atoms with E-state index in [0.29, 0.717) is 6.42 Å². The Bertz CT molecular complexity index is 392. The van der Waals surface area contributed by atoms with Crippen molar-refractivity contribution in [1.29, 1.82) is 5.26 Å². The van der Waals surface area contributed by atoms with Crippen molar-refractivity contribution in [1.82, 2.24) is 9.97 Å². The average Bonchev–Trinajstić information content (AvgIpc) is 3.10. The number of aromatic nitrogens is 2. The van der Waals surface area contributed by atoms with Crippen LogP contribution in [-0.4, -0.2) is 23.6 Å². The van der Waals surface area contributed by atoms with Crippen molar-refractivity contribution in [3.8, 4) is 6.07 Å². The Morgan fingerprint density at radius 3 is 3.00 bits per heavy atom. The normalized spacial score (nSPS) is 14.5. The number of nitriles is 1. The second-order valence-corrected chi connectivity index (χ2v) is 4.34. The molecule has 0 atom stereocenters. The van der Waals surface area contributed by atoms with Crippen LogP contribution in [0.5, 0.6) is 0 Å². The molecule has 4 nitrogen and oxygen atoms in total. The zero-order valence-electron chi connectivity index (χ0n) is 9.56. The first kappa shape index (κ1) is 10.9. The van der Waals surface area contributed by atoms with Crippen molar-refractivity contribution >= 4 is 5.82 Å². The van der Waals surface area contributed by atoms with Crippen LogP contribution in [0, 0.1) is 17.2 Å². The van der Waals surface area contributed by atoms with Gasteiger partial charge in [0.1, 0.15) is 12.1 Å². The minimum absolute atomic E-state index is 0.526. The molecule has 0 spiro atoms. The van der Waals surface area contributed by atoms with Gasteiger partial charge in [-0.15, -0.1) is 0 Å². The van der Waals surface area contributed by atoms with Gasteiger partial charge in [0.15, 0.2) is 0 Å². The first-order chi connectivity index (χ1) is 7.79. The molecule has 84 valence electrons. The second-order valence-electron chi connectivity index (χ2n) is 4.34. The van der Waals surface area contributed by atoms with E-state index in [4.69, 9.17) is 5.26 Å². The quantitative estimate of drug-likeness (QED) is 0.752. The average molecular weight is 216 g/mol. The van der Waals surface area contributed by atoms with E-state index in [0.717, 1.165) is 30.4 Å². The molecule has 0 saturated heterocycles. The Morgan fingerprint density at radius 2 is 2.31 bits per heavy atom. The third-order valence-electron chi connectivity index (χ3n) is 2.85. The molecule has 1 heterocycles. The van der Waals surface area contributed by atoms with Gasteiger partial charge in [-0.2, -0.15) is 5.26 Å². The lowest BCUT2D eigenvalue weighted by Crippen LogP contribution is -2.19. The van der Waals surface area contributed by atoms with Crippen molar-refractivity contribution in [3.05, 3.63) is 18.1 Å². The Kier molecular flexibility index (Phi) is 3.35. The number of anilines is 1. The number of nitrogens with zero attached hydrogens (tertiary/aromatic N) is 4. The molecule has 0 amide bonds. The summed E-state index contributed by atoms with van der Waals surface area (Å²) in [5, 5.41) is 8.53. The summed E-state index contributed by atoms with van der Waals surface area (Å²) in [6.45, 7) is 0.719. The van der Waals surface area contributed by atoms with Crippen LogP contribution in [0.4, 0.5) is 5.82 Å². The van der Waals surface area contributed by atoms with Gasteiger partial charge in [0.2, 0.25) is 0 Å². The molecule has 0 bridgehead atoms. The SMILES string of the molecule is CN(CCC#N)c1cc(CC2CC2)ncn1. The van der Waals surface area contributed by atoms with Crippen molar-refractivity contribution in [3.63, 3.8) is 0 Å². The summed E-state index contributed by atoms with van der Waals surface area (Å²) in [5.74, 6) is 1.76. The summed E-state index contributed by atoms with van der Waals surface area (Å²) in [6.07, 6.45) is 5.89. The fourth-order valence-electron chi connectivity index (χ4n) is 1.66. The van der Waals surface area contributed by atoms with Crippen LogP contribution in [0.3, 0.4) is 0 Å². The third kappa shape index (κ3) is 2.93. The zero-order valence-corrected chi connectivity index (χ0v) is 9.56. The van der Waals surface area contributed by atoms with Gasteiger partial charge < -0.3 is 4.90 Å². The van der Waals surface area contributed by atoms with Gasteiger partial charge >= 0.3 is 0 Å². The molecule has 1 aliphatic rings. The summed E-state index contributed by atoms with van der Waals surface area (Å²) in [5.41, 5.74) is 1.12. The predicted octanol–water partition coefficient (Wildman–Crippen LogP) is 1.78. The molecule has 0 radical (unpaired) electrons. The van der Waals surface area contributed by atoms with E-state index in [2.05, 4.69) is 16.0 Å². The largest absolute Gasteiger partial charge is 0.359 e. The van der Waals surface area contributed by atoms with Crippen molar-refractivity contribution in [2.45, 2.75) is 25.7 Å². The smallest absolute Gasteiger partial charge is 0.131 e. The molecule has 0 N–H and O–H groups in total. The van der Waals surface area contributed by atoms with Gasteiger partial charge in [-0.05, 0) is 25.2 Å². The Labute approximate surface area is 95.9 Å². The van der Waals surface area contributed by atoms with Gasteiger partial charge in [0.05, 0.1) is 12.5 Å². The molecule has 16 heavy (non-hydrogen) atoms. The van der Waals surface area contributed by atoms with Crippen LogP contribution in [-0.2, 0) is 6.42 Å². The fourth-order valence-corrected chi connectivity index (χ4v) is 1.66. The summed E-state index contributed by atoms with van der Waals surface area (Å²) in [7, 11) is 1.96. The summed E-state index contributed by atoms with van der Waals surface area (Å²) in [6, 6.07) is 4.18. The van der Waals surface area contributed by atoms with Gasteiger partial charge in [-0.25, -0.2) is 9.97 Å². The van der Waals surface area contributed by atoms with Crippen molar-refractivity contribution < 1.29 is 0 Å². The Morgan fingerprint density at radius 1 is 1.50 bits per heavy atom. The summed E-state index contributed by atoms with van der Waals surface area (Å²) < 4.78 is 0. The Hall–Kier alpha value is -1.63.